The molecule has 0 aliphatic carbocycles. The summed E-state index contributed by atoms with van der Waals surface area (Å²) in [5, 5.41) is 2.88. The number of carbonyl (C=O) groups is 2. The van der Waals surface area contributed by atoms with Crippen LogP contribution in [0.1, 0.15) is 19.4 Å². The standard InChI is InChI=1S/C19H28FN3O3/c1-15(2)14-26-19(25)23-11-9-22(10-12-23)13-18(24)21-8-7-16-3-5-17(20)6-4-16/h3-6,15H,7-14H2,1-2H3,(H,21,24). The molecule has 0 saturated carbocycles. The molecule has 6 nitrogen and oxygen atoms in total. The van der Waals surface area contributed by atoms with Crippen molar-refractivity contribution in [3.63, 3.8) is 0 Å². The molecule has 1 aliphatic heterocycles. The Morgan fingerprint density at radius 2 is 1.81 bits per heavy atom. The Labute approximate surface area is 154 Å². The molecule has 0 atom stereocenters. The molecule has 1 aliphatic rings. The Bertz CT molecular complexity index is 584. The van der Waals surface area contributed by atoms with Crippen LogP contribution in [0.5, 0.6) is 0 Å². The fourth-order valence-corrected chi connectivity index (χ4v) is 2.67. The van der Waals surface area contributed by atoms with Crippen molar-refractivity contribution in [2.24, 2.45) is 5.92 Å². The molecule has 1 N–H and O–H groups in total. The number of benzene rings is 1. The molecular weight excluding hydrogens is 337 g/mol. The van der Waals surface area contributed by atoms with Crippen LogP contribution in [0.3, 0.4) is 0 Å². The molecule has 0 bridgehead atoms. The van der Waals surface area contributed by atoms with Crippen LogP contribution in [0.4, 0.5) is 9.18 Å². The molecule has 0 radical (unpaired) electrons. The van der Waals surface area contributed by atoms with E-state index in [0.717, 1.165) is 5.56 Å². The third kappa shape index (κ3) is 7.00. The third-order valence-electron chi connectivity index (χ3n) is 4.19. The summed E-state index contributed by atoms with van der Waals surface area (Å²) in [7, 11) is 0. The van der Waals surface area contributed by atoms with Gasteiger partial charge in [-0.05, 0) is 30.0 Å². The average molecular weight is 365 g/mol. The number of rotatable bonds is 7. The number of hydrogen-bond acceptors (Lipinski definition) is 4. The number of nitrogens with zero attached hydrogens (tertiary/aromatic N) is 2. The Morgan fingerprint density at radius 3 is 2.42 bits per heavy atom. The first kappa shape index (κ1) is 20.2. The van der Waals surface area contributed by atoms with Gasteiger partial charge in [0, 0.05) is 32.7 Å². The summed E-state index contributed by atoms with van der Waals surface area (Å²) in [6.07, 6.45) is 0.392. The van der Waals surface area contributed by atoms with E-state index in [1.165, 1.54) is 12.1 Å². The Kier molecular flexibility index (Phi) is 7.84. The number of piperazine rings is 1. The predicted octanol–water partition coefficient (Wildman–Crippen LogP) is 1.89. The number of halogens is 1. The molecular formula is C19H28FN3O3. The van der Waals surface area contributed by atoms with Crippen molar-refractivity contribution >= 4 is 12.0 Å². The van der Waals surface area contributed by atoms with Gasteiger partial charge in [-0.25, -0.2) is 9.18 Å². The van der Waals surface area contributed by atoms with Gasteiger partial charge < -0.3 is 15.0 Å². The maximum atomic E-state index is 12.8. The van der Waals surface area contributed by atoms with Crippen molar-refractivity contribution in [2.75, 3.05) is 45.9 Å². The van der Waals surface area contributed by atoms with Gasteiger partial charge in [0.1, 0.15) is 5.82 Å². The van der Waals surface area contributed by atoms with Crippen LogP contribution in [0.2, 0.25) is 0 Å². The van der Waals surface area contributed by atoms with Crippen molar-refractivity contribution in [1.29, 1.82) is 0 Å². The lowest BCUT2D eigenvalue weighted by Gasteiger charge is -2.33. The Hall–Kier alpha value is -2.15. The third-order valence-corrected chi connectivity index (χ3v) is 4.19. The molecule has 2 amide bonds. The highest BCUT2D eigenvalue weighted by Crippen LogP contribution is 2.05. The minimum Gasteiger partial charge on any atom is -0.449 e. The van der Waals surface area contributed by atoms with Gasteiger partial charge in [-0.1, -0.05) is 26.0 Å². The summed E-state index contributed by atoms with van der Waals surface area (Å²) in [5.74, 6) is 0.0202. The monoisotopic (exact) mass is 365 g/mol. The van der Waals surface area contributed by atoms with E-state index in [4.69, 9.17) is 4.74 Å². The lowest BCUT2D eigenvalue weighted by atomic mass is 10.1. The van der Waals surface area contributed by atoms with Gasteiger partial charge in [-0.3, -0.25) is 9.69 Å². The van der Waals surface area contributed by atoms with Crippen molar-refractivity contribution < 1.29 is 18.7 Å². The second-order valence-electron chi connectivity index (χ2n) is 6.96. The molecule has 1 aromatic rings. The van der Waals surface area contributed by atoms with E-state index in [0.29, 0.717) is 58.2 Å². The lowest BCUT2D eigenvalue weighted by Crippen LogP contribution is -2.51. The fraction of sp³-hybridized carbons (Fsp3) is 0.579. The largest absolute Gasteiger partial charge is 0.449 e. The second kappa shape index (κ2) is 10.1. The number of hydrogen-bond donors (Lipinski definition) is 1. The smallest absolute Gasteiger partial charge is 0.409 e. The molecule has 1 fully saturated rings. The first-order valence-electron chi connectivity index (χ1n) is 9.09. The molecule has 144 valence electrons. The molecule has 0 spiro atoms. The topological polar surface area (TPSA) is 61.9 Å². The van der Waals surface area contributed by atoms with E-state index < -0.39 is 0 Å². The first-order chi connectivity index (χ1) is 12.4. The predicted molar refractivity (Wildman–Crippen MR) is 97.3 cm³/mol. The highest BCUT2D eigenvalue weighted by Gasteiger charge is 2.23. The highest BCUT2D eigenvalue weighted by molar-refractivity contribution is 5.78. The summed E-state index contributed by atoms with van der Waals surface area (Å²) >= 11 is 0. The zero-order chi connectivity index (χ0) is 18.9. The van der Waals surface area contributed by atoms with Crippen molar-refractivity contribution in [2.45, 2.75) is 20.3 Å². The summed E-state index contributed by atoms with van der Waals surface area (Å²) < 4.78 is 18.1. The molecule has 1 aromatic carbocycles. The fourth-order valence-electron chi connectivity index (χ4n) is 2.67. The van der Waals surface area contributed by atoms with E-state index in [9.17, 15) is 14.0 Å². The first-order valence-corrected chi connectivity index (χ1v) is 9.09. The van der Waals surface area contributed by atoms with Gasteiger partial charge in [0.15, 0.2) is 0 Å². The number of carbonyl (C=O) groups excluding carboxylic acids is 2. The molecule has 1 heterocycles. The van der Waals surface area contributed by atoms with E-state index >= 15 is 0 Å². The van der Waals surface area contributed by atoms with E-state index in [1.807, 2.05) is 18.7 Å². The number of nitrogens with one attached hydrogen (secondary N) is 1. The van der Waals surface area contributed by atoms with Crippen LogP contribution in [0, 0.1) is 11.7 Å². The normalized spacial score (nSPS) is 15.2. The molecule has 0 aromatic heterocycles. The van der Waals surface area contributed by atoms with Gasteiger partial charge in [-0.15, -0.1) is 0 Å². The van der Waals surface area contributed by atoms with Gasteiger partial charge in [0.25, 0.3) is 0 Å². The summed E-state index contributed by atoms with van der Waals surface area (Å²) in [5.41, 5.74) is 0.986. The van der Waals surface area contributed by atoms with E-state index in [1.54, 1.807) is 17.0 Å². The highest BCUT2D eigenvalue weighted by atomic mass is 19.1. The Morgan fingerprint density at radius 1 is 1.15 bits per heavy atom. The van der Waals surface area contributed by atoms with Gasteiger partial charge in [0.2, 0.25) is 5.91 Å². The second-order valence-corrected chi connectivity index (χ2v) is 6.96. The minimum atomic E-state index is -0.276. The minimum absolute atomic E-state index is 0.0389. The van der Waals surface area contributed by atoms with Crippen LogP contribution >= 0.6 is 0 Å². The summed E-state index contributed by atoms with van der Waals surface area (Å²) in [4.78, 5) is 27.7. The van der Waals surface area contributed by atoms with Gasteiger partial charge in [0.05, 0.1) is 13.2 Å². The summed E-state index contributed by atoms with van der Waals surface area (Å²) in [6.45, 7) is 7.71. The van der Waals surface area contributed by atoms with Crippen molar-refractivity contribution in [3.8, 4) is 0 Å². The quantitative estimate of drug-likeness (QED) is 0.802. The van der Waals surface area contributed by atoms with E-state index in [2.05, 4.69) is 5.32 Å². The maximum Gasteiger partial charge on any atom is 0.409 e. The van der Waals surface area contributed by atoms with Crippen molar-refractivity contribution in [1.82, 2.24) is 15.1 Å². The molecule has 1 saturated heterocycles. The average Bonchev–Trinajstić information content (AvgIpc) is 2.62. The number of ether oxygens (including phenoxy) is 1. The molecule has 7 heteroatoms. The summed E-state index contributed by atoms with van der Waals surface area (Å²) in [6, 6.07) is 6.28. The van der Waals surface area contributed by atoms with Crippen LogP contribution in [-0.2, 0) is 16.0 Å². The Balaban J connectivity index is 1.61. The number of amides is 2. The SMILES string of the molecule is CC(C)COC(=O)N1CCN(CC(=O)NCCc2ccc(F)cc2)CC1. The zero-order valence-corrected chi connectivity index (χ0v) is 15.5. The van der Waals surface area contributed by atoms with Crippen LogP contribution in [-0.4, -0.2) is 67.7 Å². The zero-order valence-electron chi connectivity index (χ0n) is 15.5. The molecule has 0 unspecified atom stereocenters. The molecule has 26 heavy (non-hydrogen) atoms. The maximum absolute atomic E-state index is 12.8. The van der Waals surface area contributed by atoms with Crippen molar-refractivity contribution in [3.05, 3.63) is 35.6 Å². The molecule has 2 rings (SSSR count). The van der Waals surface area contributed by atoms with Crippen LogP contribution in [0.25, 0.3) is 0 Å². The van der Waals surface area contributed by atoms with E-state index in [-0.39, 0.29) is 17.8 Å². The van der Waals surface area contributed by atoms with Crippen LogP contribution < -0.4 is 5.32 Å². The van der Waals surface area contributed by atoms with Gasteiger partial charge >= 0.3 is 6.09 Å². The lowest BCUT2D eigenvalue weighted by molar-refractivity contribution is -0.122. The van der Waals surface area contributed by atoms with Gasteiger partial charge in [-0.2, -0.15) is 0 Å². The van der Waals surface area contributed by atoms with Crippen LogP contribution in [0.15, 0.2) is 24.3 Å².